The zero-order valence-corrected chi connectivity index (χ0v) is 13.3. The first-order chi connectivity index (χ1) is 11.2. The molecule has 0 saturated carbocycles. The lowest BCUT2D eigenvalue weighted by Gasteiger charge is -2.10. The van der Waals surface area contributed by atoms with Gasteiger partial charge in [-0.2, -0.15) is 0 Å². The summed E-state index contributed by atoms with van der Waals surface area (Å²) in [4.78, 5) is 16.1. The fraction of sp³-hybridized carbons (Fsp3) is 0.294. The third kappa shape index (κ3) is 4.96. The summed E-state index contributed by atoms with van der Waals surface area (Å²) < 4.78 is 10.2. The fourth-order valence-corrected chi connectivity index (χ4v) is 2.04. The van der Waals surface area contributed by atoms with Gasteiger partial charge >= 0.3 is 0 Å². The van der Waals surface area contributed by atoms with Gasteiger partial charge in [-0.15, -0.1) is 0 Å². The quantitative estimate of drug-likeness (QED) is 0.730. The van der Waals surface area contributed by atoms with Crippen molar-refractivity contribution in [3.8, 4) is 5.75 Å². The molecule has 0 radical (unpaired) electrons. The smallest absolute Gasteiger partial charge is 0.252 e. The van der Waals surface area contributed by atoms with E-state index in [4.69, 9.17) is 9.47 Å². The van der Waals surface area contributed by atoms with Crippen LogP contribution in [0.15, 0.2) is 42.6 Å². The summed E-state index contributed by atoms with van der Waals surface area (Å²) in [6, 6.07) is 11.3. The van der Waals surface area contributed by atoms with Crippen LogP contribution in [-0.4, -0.2) is 38.3 Å². The number of hydrogen-bond acceptors (Lipinski definition) is 5. The normalized spacial score (nSPS) is 10.2. The van der Waals surface area contributed by atoms with E-state index in [9.17, 15) is 4.79 Å². The molecule has 0 spiro atoms. The van der Waals surface area contributed by atoms with Crippen LogP contribution in [0, 0.1) is 0 Å². The molecule has 0 bridgehead atoms. The zero-order valence-electron chi connectivity index (χ0n) is 13.3. The monoisotopic (exact) mass is 315 g/mol. The number of rotatable bonds is 8. The van der Waals surface area contributed by atoms with Gasteiger partial charge in [-0.05, 0) is 18.2 Å². The Morgan fingerprint density at radius 1 is 1.17 bits per heavy atom. The van der Waals surface area contributed by atoms with Gasteiger partial charge in [0.2, 0.25) is 0 Å². The number of hydrogen-bond donors (Lipinski definition) is 2. The number of nitrogens with zero attached hydrogens (tertiary/aromatic N) is 1. The molecule has 1 amide bonds. The molecule has 1 aromatic carbocycles. The Kier molecular flexibility index (Phi) is 6.38. The van der Waals surface area contributed by atoms with Crippen molar-refractivity contribution >= 4 is 11.7 Å². The molecule has 1 heterocycles. The molecule has 0 atom stereocenters. The summed E-state index contributed by atoms with van der Waals surface area (Å²) in [6.07, 6.45) is 1.55. The number of carbonyl (C=O) groups excluding carboxylic acids is 1. The number of benzene rings is 1. The number of carbonyl (C=O) groups is 1. The van der Waals surface area contributed by atoms with Gasteiger partial charge in [-0.1, -0.05) is 18.2 Å². The van der Waals surface area contributed by atoms with Gasteiger partial charge in [0.15, 0.2) is 0 Å². The number of methoxy groups -OCH3 is 2. The van der Waals surface area contributed by atoms with Gasteiger partial charge in [0, 0.05) is 32.0 Å². The van der Waals surface area contributed by atoms with Crippen molar-refractivity contribution in [2.75, 3.05) is 32.7 Å². The van der Waals surface area contributed by atoms with Crippen molar-refractivity contribution in [3.63, 3.8) is 0 Å². The van der Waals surface area contributed by atoms with Crippen molar-refractivity contribution in [2.24, 2.45) is 0 Å². The Balaban J connectivity index is 1.91. The average Bonchev–Trinajstić information content (AvgIpc) is 2.60. The average molecular weight is 315 g/mol. The Morgan fingerprint density at radius 3 is 2.70 bits per heavy atom. The molecule has 122 valence electrons. The lowest BCUT2D eigenvalue weighted by atomic mass is 10.2. The Bertz CT molecular complexity index is 629. The molecule has 0 aliphatic heterocycles. The highest BCUT2D eigenvalue weighted by Gasteiger charge is 2.06. The molecule has 0 aliphatic rings. The third-order valence-electron chi connectivity index (χ3n) is 3.27. The van der Waals surface area contributed by atoms with Crippen LogP contribution in [0.4, 0.5) is 5.82 Å². The predicted molar refractivity (Wildman–Crippen MR) is 88.8 cm³/mol. The van der Waals surface area contributed by atoms with Crippen molar-refractivity contribution in [1.82, 2.24) is 10.3 Å². The summed E-state index contributed by atoms with van der Waals surface area (Å²) in [7, 11) is 3.24. The van der Waals surface area contributed by atoms with Gasteiger partial charge in [0.05, 0.1) is 19.3 Å². The maximum Gasteiger partial charge on any atom is 0.252 e. The van der Waals surface area contributed by atoms with E-state index < -0.39 is 0 Å². The second kappa shape index (κ2) is 8.75. The minimum atomic E-state index is -0.161. The van der Waals surface area contributed by atoms with Crippen LogP contribution in [0.5, 0.6) is 5.75 Å². The first-order valence-corrected chi connectivity index (χ1v) is 7.33. The molecule has 2 aromatic rings. The number of pyridine rings is 1. The fourth-order valence-electron chi connectivity index (χ4n) is 2.04. The van der Waals surface area contributed by atoms with Gasteiger partial charge in [0.1, 0.15) is 11.6 Å². The molecule has 6 nitrogen and oxygen atoms in total. The second-order valence-electron chi connectivity index (χ2n) is 4.85. The summed E-state index contributed by atoms with van der Waals surface area (Å²) in [5.74, 6) is 1.37. The highest BCUT2D eigenvalue weighted by Crippen LogP contribution is 2.18. The highest BCUT2D eigenvalue weighted by atomic mass is 16.5. The molecule has 1 aromatic heterocycles. The van der Waals surface area contributed by atoms with E-state index in [0.29, 0.717) is 31.1 Å². The molecule has 2 N–H and O–H groups in total. The van der Waals surface area contributed by atoms with E-state index in [1.54, 1.807) is 32.5 Å². The molecule has 0 saturated heterocycles. The van der Waals surface area contributed by atoms with Crippen LogP contribution in [-0.2, 0) is 11.3 Å². The summed E-state index contributed by atoms with van der Waals surface area (Å²) in [5, 5.41) is 5.96. The molecule has 0 aliphatic carbocycles. The SMILES string of the molecule is COCCNC(=O)c1ccc(NCc2ccccc2OC)nc1. The molecule has 6 heteroatoms. The molecule has 0 fully saturated rings. The maximum absolute atomic E-state index is 11.9. The highest BCUT2D eigenvalue weighted by molar-refractivity contribution is 5.94. The summed E-state index contributed by atoms with van der Waals surface area (Å²) >= 11 is 0. The number of ether oxygens (including phenoxy) is 2. The number of nitrogens with one attached hydrogen (secondary N) is 2. The standard InChI is InChI=1S/C17H21N3O3/c1-22-10-9-18-17(21)14-7-8-16(20-12-14)19-11-13-5-3-4-6-15(13)23-2/h3-8,12H,9-11H2,1-2H3,(H,18,21)(H,19,20). The lowest BCUT2D eigenvalue weighted by Crippen LogP contribution is -2.27. The topological polar surface area (TPSA) is 72.5 Å². The van der Waals surface area contributed by atoms with Gasteiger partial charge in [-0.3, -0.25) is 4.79 Å². The van der Waals surface area contributed by atoms with Crippen LogP contribution >= 0.6 is 0 Å². The van der Waals surface area contributed by atoms with E-state index in [1.165, 1.54) is 0 Å². The first-order valence-electron chi connectivity index (χ1n) is 7.33. The number of amides is 1. The van der Waals surface area contributed by atoms with Crippen LogP contribution in [0.25, 0.3) is 0 Å². The van der Waals surface area contributed by atoms with Crippen LogP contribution < -0.4 is 15.4 Å². The molecule has 23 heavy (non-hydrogen) atoms. The molecular formula is C17H21N3O3. The largest absolute Gasteiger partial charge is 0.496 e. The van der Waals surface area contributed by atoms with Crippen LogP contribution in [0.3, 0.4) is 0 Å². The Labute approximate surface area is 135 Å². The van der Waals surface area contributed by atoms with Gasteiger partial charge in [-0.25, -0.2) is 4.98 Å². The van der Waals surface area contributed by atoms with Crippen LogP contribution in [0.2, 0.25) is 0 Å². The summed E-state index contributed by atoms with van der Waals surface area (Å²) in [5.41, 5.74) is 1.56. The van der Waals surface area contributed by atoms with E-state index in [1.807, 2.05) is 24.3 Å². The van der Waals surface area contributed by atoms with Crippen molar-refractivity contribution in [1.29, 1.82) is 0 Å². The van der Waals surface area contributed by atoms with E-state index in [-0.39, 0.29) is 5.91 Å². The van der Waals surface area contributed by atoms with E-state index in [2.05, 4.69) is 15.6 Å². The zero-order chi connectivity index (χ0) is 16.5. The van der Waals surface area contributed by atoms with Crippen molar-refractivity contribution in [2.45, 2.75) is 6.54 Å². The Hall–Kier alpha value is -2.60. The van der Waals surface area contributed by atoms with Gasteiger partial charge in [0.25, 0.3) is 5.91 Å². The number of anilines is 1. The summed E-state index contributed by atoms with van der Waals surface area (Å²) in [6.45, 7) is 1.55. The third-order valence-corrected chi connectivity index (χ3v) is 3.27. The molecule has 0 unspecified atom stereocenters. The molecular weight excluding hydrogens is 294 g/mol. The minimum absolute atomic E-state index is 0.161. The molecule has 2 rings (SSSR count). The van der Waals surface area contributed by atoms with E-state index >= 15 is 0 Å². The number of aromatic nitrogens is 1. The minimum Gasteiger partial charge on any atom is -0.496 e. The van der Waals surface area contributed by atoms with Crippen LogP contribution in [0.1, 0.15) is 15.9 Å². The maximum atomic E-state index is 11.9. The second-order valence-corrected chi connectivity index (χ2v) is 4.85. The lowest BCUT2D eigenvalue weighted by molar-refractivity contribution is 0.0937. The predicted octanol–water partition coefficient (Wildman–Crippen LogP) is 2.08. The van der Waals surface area contributed by atoms with Crippen molar-refractivity contribution in [3.05, 3.63) is 53.7 Å². The first kappa shape index (κ1) is 16.8. The van der Waals surface area contributed by atoms with Crippen molar-refractivity contribution < 1.29 is 14.3 Å². The Morgan fingerprint density at radius 2 is 2.00 bits per heavy atom. The van der Waals surface area contributed by atoms with Gasteiger partial charge < -0.3 is 20.1 Å². The number of para-hydroxylation sites is 1. The van der Waals surface area contributed by atoms with E-state index in [0.717, 1.165) is 11.3 Å².